The van der Waals surface area contributed by atoms with Crippen LogP contribution in [0.25, 0.3) is 0 Å². The quantitative estimate of drug-likeness (QED) is 0.900. The molecule has 2 rings (SSSR count). The van der Waals surface area contributed by atoms with Gasteiger partial charge >= 0.3 is 0 Å². The second-order valence-corrected chi connectivity index (χ2v) is 5.23. The molecule has 17 heavy (non-hydrogen) atoms. The lowest BCUT2D eigenvalue weighted by Gasteiger charge is -2.22. The van der Waals surface area contributed by atoms with Gasteiger partial charge in [-0.1, -0.05) is 18.2 Å². The van der Waals surface area contributed by atoms with E-state index in [4.69, 9.17) is 4.74 Å². The number of thiophene rings is 1. The first-order valence-electron chi connectivity index (χ1n) is 5.51. The van der Waals surface area contributed by atoms with Crippen molar-refractivity contribution in [2.24, 2.45) is 0 Å². The molecule has 1 unspecified atom stereocenters. The minimum Gasteiger partial charge on any atom is -0.497 e. The first-order valence-corrected chi connectivity index (χ1v) is 6.39. The van der Waals surface area contributed by atoms with Crippen LogP contribution >= 0.6 is 11.3 Å². The minimum atomic E-state index is -0.819. The van der Waals surface area contributed by atoms with Gasteiger partial charge in [0.1, 0.15) is 5.75 Å². The molecule has 0 aliphatic rings. The number of rotatable bonds is 4. The van der Waals surface area contributed by atoms with Gasteiger partial charge in [-0.3, -0.25) is 0 Å². The SMILES string of the molecule is COc1cccc(CC(C)(O)c2cccs2)c1. The Morgan fingerprint density at radius 3 is 2.76 bits per heavy atom. The van der Waals surface area contributed by atoms with Gasteiger partial charge < -0.3 is 9.84 Å². The summed E-state index contributed by atoms with van der Waals surface area (Å²) in [6, 6.07) is 11.7. The summed E-state index contributed by atoms with van der Waals surface area (Å²) < 4.78 is 5.18. The van der Waals surface area contributed by atoms with Crippen LogP contribution in [0.2, 0.25) is 0 Å². The number of methoxy groups -OCH3 is 1. The minimum absolute atomic E-state index is 0.588. The fourth-order valence-electron chi connectivity index (χ4n) is 1.85. The molecular weight excluding hydrogens is 232 g/mol. The molecule has 0 radical (unpaired) electrons. The lowest BCUT2D eigenvalue weighted by atomic mass is 9.95. The van der Waals surface area contributed by atoms with Gasteiger partial charge in [-0.05, 0) is 36.1 Å². The van der Waals surface area contributed by atoms with Crippen molar-refractivity contribution in [3.05, 3.63) is 52.2 Å². The van der Waals surface area contributed by atoms with Crippen LogP contribution in [0.1, 0.15) is 17.4 Å². The van der Waals surface area contributed by atoms with Crippen molar-refractivity contribution in [1.29, 1.82) is 0 Å². The van der Waals surface area contributed by atoms with E-state index in [0.29, 0.717) is 6.42 Å². The van der Waals surface area contributed by atoms with Gasteiger partial charge in [0.25, 0.3) is 0 Å². The Morgan fingerprint density at radius 2 is 2.12 bits per heavy atom. The Kier molecular flexibility index (Phi) is 3.50. The Hall–Kier alpha value is -1.32. The highest BCUT2D eigenvalue weighted by molar-refractivity contribution is 7.10. The van der Waals surface area contributed by atoms with E-state index < -0.39 is 5.60 Å². The van der Waals surface area contributed by atoms with Crippen LogP contribution < -0.4 is 4.74 Å². The average Bonchev–Trinajstić information content (AvgIpc) is 2.83. The summed E-state index contributed by atoms with van der Waals surface area (Å²) in [6.07, 6.45) is 0.588. The fraction of sp³-hybridized carbons (Fsp3) is 0.286. The summed E-state index contributed by atoms with van der Waals surface area (Å²) in [6.45, 7) is 1.85. The molecule has 1 atom stereocenters. The summed E-state index contributed by atoms with van der Waals surface area (Å²) in [4.78, 5) is 0.986. The molecule has 0 bridgehead atoms. The molecule has 0 aliphatic carbocycles. The normalized spacial score (nSPS) is 14.3. The van der Waals surface area contributed by atoms with Gasteiger partial charge in [0.05, 0.1) is 12.7 Å². The van der Waals surface area contributed by atoms with Crippen LogP contribution in [0.4, 0.5) is 0 Å². The molecule has 2 aromatic rings. The van der Waals surface area contributed by atoms with Crippen molar-refractivity contribution in [1.82, 2.24) is 0 Å². The zero-order valence-electron chi connectivity index (χ0n) is 10.0. The number of hydrogen-bond donors (Lipinski definition) is 1. The van der Waals surface area contributed by atoms with Gasteiger partial charge in [-0.15, -0.1) is 11.3 Å². The Labute approximate surface area is 105 Å². The van der Waals surface area contributed by atoms with Gasteiger partial charge in [0, 0.05) is 11.3 Å². The highest BCUT2D eigenvalue weighted by Gasteiger charge is 2.24. The molecule has 0 saturated heterocycles. The van der Waals surface area contributed by atoms with Crippen LogP contribution in [0.3, 0.4) is 0 Å². The van der Waals surface area contributed by atoms with Crippen LogP contribution in [0.15, 0.2) is 41.8 Å². The fourth-order valence-corrected chi connectivity index (χ4v) is 2.64. The molecule has 0 amide bonds. The maximum atomic E-state index is 10.5. The molecule has 0 fully saturated rings. The third-order valence-electron chi connectivity index (χ3n) is 2.73. The van der Waals surface area contributed by atoms with E-state index in [0.717, 1.165) is 16.2 Å². The van der Waals surface area contributed by atoms with E-state index in [2.05, 4.69) is 0 Å². The van der Waals surface area contributed by atoms with Crippen molar-refractivity contribution in [2.75, 3.05) is 7.11 Å². The molecule has 0 aliphatic heterocycles. The topological polar surface area (TPSA) is 29.5 Å². The summed E-state index contributed by atoms with van der Waals surface area (Å²) >= 11 is 1.58. The van der Waals surface area contributed by atoms with Crippen LogP contribution in [0, 0.1) is 0 Å². The van der Waals surface area contributed by atoms with E-state index in [1.165, 1.54) is 0 Å². The lowest BCUT2D eigenvalue weighted by molar-refractivity contribution is 0.0614. The van der Waals surface area contributed by atoms with Crippen molar-refractivity contribution < 1.29 is 9.84 Å². The Balaban J connectivity index is 2.20. The Bertz CT molecular complexity index is 475. The highest BCUT2D eigenvalue weighted by atomic mass is 32.1. The van der Waals surface area contributed by atoms with Gasteiger partial charge in [-0.2, -0.15) is 0 Å². The molecule has 2 nitrogen and oxygen atoms in total. The summed E-state index contributed by atoms with van der Waals surface area (Å²) in [5, 5.41) is 12.4. The standard InChI is InChI=1S/C14H16O2S/c1-14(15,13-7-4-8-17-13)10-11-5-3-6-12(9-11)16-2/h3-9,15H,10H2,1-2H3. The molecule has 0 spiro atoms. The van der Waals surface area contributed by atoms with E-state index in [-0.39, 0.29) is 0 Å². The predicted molar refractivity (Wildman–Crippen MR) is 70.6 cm³/mol. The average molecular weight is 248 g/mol. The molecular formula is C14H16O2S. The smallest absolute Gasteiger partial charge is 0.119 e. The predicted octanol–water partition coefficient (Wildman–Crippen LogP) is 3.21. The lowest BCUT2D eigenvalue weighted by Crippen LogP contribution is -2.22. The van der Waals surface area contributed by atoms with Crippen molar-refractivity contribution >= 4 is 11.3 Å². The highest BCUT2D eigenvalue weighted by Crippen LogP contribution is 2.29. The third kappa shape index (κ3) is 2.87. The van der Waals surface area contributed by atoms with E-state index in [9.17, 15) is 5.11 Å². The molecule has 1 aromatic carbocycles. The van der Waals surface area contributed by atoms with Crippen LogP contribution in [-0.2, 0) is 12.0 Å². The first kappa shape index (κ1) is 12.1. The van der Waals surface area contributed by atoms with E-state index in [1.807, 2.05) is 48.7 Å². The molecule has 1 heterocycles. The molecule has 1 N–H and O–H groups in total. The first-order chi connectivity index (χ1) is 8.12. The monoisotopic (exact) mass is 248 g/mol. The zero-order valence-corrected chi connectivity index (χ0v) is 10.8. The second-order valence-electron chi connectivity index (χ2n) is 4.28. The number of ether oxygens (including phenoxy) is 1. The zero-order chi connectivity index (χ0) is 12.3. The van der Waals surface area contributed by atoms with Crippen LogP contribution in [-0.4, -0.2) is 12.2 Å². The van der Waals surface area contributed by atoms with Gasteiger partial charge in [0.15, 0.2) is 0 Å². The molecule has 0 saturated carbocycles. The second kappa shape index (κ2) is 4.90. The largest absolute Gasteiger partial charge is 0.497 e. The summed E-state index contributed by atoms with van der Waals surface area (Å²) in [5.74, 6) is 0.824. The molecule has 90 valence electrons. The van der Waals surface area contributed by atoms with E-state index in [1.54, 1.807) is 18.4 Å². The third-order valence-corrected chi connectivity index (χ3v) is 3.86. The maximum absolute atomic E-state index is 10.5. The number of hydrogen-bond acceptors (Lipinski definition) is 3. The molecule has 3 heteroatoms. The molecule has 1 aromatic heterocycles. The Morgan fingerprint density at radius 1 is 1.29 bits per heavy atom. The van der Waals surface area contributed by atoms with Gasteiger partial charge in [0.2, 0.25) is 0 Å². The van der Waals surface area contributed by atoms with Crippen LogP contribution in [0.5, 0.6) is 5.75 Å². The number of aliphatic hydroxyl groups is 1. The van der Waals surface area contributed by atoms with Crippen molar-refractivity contribution in [3.8, 4) is 5.75 Å². The number of benzene rings is 1. The van der Waals surface area contributed by atoms with Crippen molar-refractivity contribution in [2.45, 2.75) is 18.9 Å². The van der Waals surface area contributed by atoms with E-state index >= 15 is 0 Å². The summed E-state index contributed by atoms with van der Waals surface area (Å²) in [5.41, 5.74) is 0.253. The van der Waals surface area contributed by atoms with Crippen molar-refractivity contribution in [3.63, 3.8) is 0 Å². The van der Waals surface area contributed by atoms with Gasteiger partial charge in [-0.25, -0.2) is 0 Å². The maximum Gasteiger partial charge on any atom is 0.119 e. The summed E-state index contributed by atoms with van der Waals surface area (Å²) in [7, 11) is 1.65.